The molecule has 0 unspecified atom stereocenters. The molecule has 0 bridgehead atoms. The second-order valence-electron chi connectivity index (χ2n) is 4.45. The first kappa shape index (κ1) is 13.6. The largest absolute Gasteiger partial charge is 0.421 e. The Bertz CT molecular complexity index is 749. The fraction of sp³-hybridized carbons (Fsp3) is 0.0714. The molecule has 1 aromatic heterocycles. The van der Waals surface area contributed by atoms with Crippen molar-refractivity contribution in [1.82, 2.24) is 20.2 Å². The van der Waals surface area contributed by atoms with Gasteiger partial charge in [-0.2, -0.15) is 4.68 Å². The Morgan fingerprint density at radius 1 is 1.19 bits per heavy atom. The molecule has 2 aromatic carbocycles. The third-order valence-electron chi connectivity index (χ3n) is 2.90. The van der Waals surface area contributed by atoms with E-state index in [0.29, 0.717) is 11.4 Å². The van der Waals surface area contributed by atoms with Gasteiger partial charge in [0.25, 0.3) is 0 Å². The van der Waals surface area contributed by atoms with Crippen LogP contribution in [0.1, 0.15) is 5.56 Å². The smallest absolute Gasteiger partial charge is 0.345 e. The van der Waals surface area contributed by atoms with E-state index in [1.165, 1.54) is 4.68 Å². The van der Waals surface area contributed by atoms with Crippen molar-refractivity contribution in [2.75, 3.05) is 5.73 Å². The molecule has 3 rings (SSSR count). The summed E-state index contributed by atoms with van der Waals surface area (Å²) in [7, 11) is 0. The first-order chi connectivity index (χ1) is 10.1. The third-order valence-corrected chi connectivity index (χ3v) is 3.36. The van der Waals surface area contributed by atoms with Crippen molar-refractivity contribution in [3.63, 3.8) is 0 Å². The van der Waals surface area contributed by atoms with E-state index in [1.807, 2.05) is 43.3 Å². The van der Waals surface area contributed by atoms with Crippen molar-refractivity contribution < 1.29 is 4.74 Å². The van der Waals surface area contributed by atoms with Gasteiger partial charge < -0.3 is 10.5 Å². The highest BCUT2D eigenvalue weighted by Crippen LogP contribution is 2.33. The number of aromatic nitrogens is 4. The number of benzene rings is 2. The summed E-state index contributed by atoms with van der Waals surface area (Å²) in [5.74, 6) is 0.546. The maximum Gasteiger partial charge on any atom is 0.345 e. The van der Waals surface area contributed by atoms with E-state index < -0.39 is 0 Å². The zero-order valence-electron chi connectivity index (χ0n) is 11.2. The minimum Gasteiger partial charge on any atom is -0.421 e. The van der Waals surface area contributed by atoms with Crippen LogP contribution in [0.4, 0.5) is 5.69 Å². The normalized spacial score (nSPS) is 10.6. The minimum absolute atomic E-state index is 0.262. The maximum absolute atomic E-state index is 5.99. The number of hydrogen-bond acceptors (Lipinski definition) is 5. The number of aryl methyl sites for hydroxylation is 1. The van der Waals surface area contributed by atoms with Gasteiger partial charge in [-0.05, 0) is 47.2 Å². The van der Waals surface area contributed by atoms with Gasteiger partial charge in [0.15, 0.2) is 5.75 Å². The highest BCUT2D eigenvalue weighted by Gasteiger charge is 2.14. The number of para-hydroxylation sites is 1. The lowest BCUT2D eigenvalue weighted by atomic mass is 10.2. The first-order valence-corrected chi connectivity index (χ1v) is 7.02. The number of nitrogen functional groups attached to an aromatic ring is 1. The van der Waals surface area contributed by atoms with Crippen LogP contribution in [0.15, 0.2) is 46.9 Å². The molecule has 106 valence electrons. The molecule has 0 aliphatic heterocycles. The van der Waals surface area contributed by atoms with Crippen molar-refractivity contribution >= 4 is 21.6 Å². The molecule has 0 aliphatic rings. The van der Waals surface area contributed by atoms with Crippen molar-refractivity contribution in [3.05, 3.63) is 52.5 Å². The van der Waals surface area contributed by atoms with Crippen LogP contribution in [0.25, 0.3) is 5.69 Å². The number of tetrazole rings is 1. The van der Waals surface area contributed by atoms with Gasteiger partial charge in [-0.3, -0.25) is 0 Å². The summed E-state index contributed by atoms with van der Waals surface area (Å²) in [5, 5.41) is 11.5. The molecule has 0 saturated carbocycles. The lowest BCUT2D eigenvalue weighted by Gasteiger charge is -2.11. The molecule has 7 heteroatoms. The fourth-order valence-electron chi connectivity index (χ4n) is 1.96. The number of nitrogens with zero attached hydrogens (tertiary/aromatic N) is 4. The Hall–Kier alpha value is -2.41. The third kappa shape index (κ3) is 2.73. The molecule has 0 amide bonds. The van der Waals surface area contributed by atoms with E-state index in [1.54, 1.807) is 6.07 Å². The predicted octanol–water partition coefficient (Wildman–Crippen LogP) is 3.11. The highest BCUT2D eigenvalue weighted by atomic mass is 79.9. The molecule has 1 heterocycles. The topological polar surface area (TPSA) is 78.8 Å². The Balaban J connectivity index is 1.99. The molecule has 21 heavy (non-hydrogen) atoms. The molecule has 0 spiro atoms. The van der Waals surface area contributed by atoms with Crippen molar-refractivity contribution in [2.24, 2.45) is 0 Å². The molecule has 0 atom stereocenters. The van der Waals surface area contributed by atoms with Gasteiger partial charge >= 0.3 is 6.01 Å². The van der Waals surface area contributed by atoms with Crippen LogP contribution in [0, 0.1) is 6.92 Å². The molecular formula is C14H12BrN5O. The zero-order chi connectivity index (χ0) is 14.8. The SMILES string of the molecule is Cc1cc(Br)cc(N)c1Oc1nnnn1-c1ccccc1. The Kier molecular flexibility index (Phi) is 3.57. The summed E-state index contributed by atoms with van der Waals surface area (Å²) in [6, 6.07) is 13.5. The zero-order valence-corrected chi connectivity index (χ0v) is 12.8. The van der Waals surface area contributed by atoms with Crippen LogP contribution in [-0.4, -0.2) is 20.2 Å². The van der Waals surface area contributed by atoms with Crippen LogP contribution in [0.2, 0.25) is 0 Å². The number of halogens is 1. The lowest BCUT2D eigenvalue weighted by molar-refractivity contribution is 0.426. The van der Waals surface area contributed by atoms with Crippen LogP contribution in [0.3, 0.4) is 0 Å². The van der Waals surface area contributed by atoms with Crippen molar-refractivity contribution in [3.8, 4) is 17.4 Å². The number of anilines is 1. The number of nitrogens with two attached hydrogens (primary N) is 1. The summed E-state index contributed by atoms with van der Waals surface area (Å²) in [6.45, 7) is 1.91. The summed E-state index contributed by atoms with van der Waals surface area (Å²) in [5.41, 5.74) is 8.22. The van der Waals surface area contributed by atoms with E-state index in [-0.39, 0.29) is 6.01 Å². The first-order valence-electron chi connectivity index (χ1n) is 6.22. The average molecular weight is 346 g/mol. The van der Waals surface area contributed by atoms with Gasteiger partial charge in [-0.15, -0.1) is 0 Å². The molecule has 3 aromatic rings. The highest BCUT2D eigenvalue weighted by molar-refractivity contribution is 9.10. The van der Waals surface area contributed by atoms with Crippen LogP contribution >= 0.6 is 15.9 Å². The quantitative estimate of drug-likeness (QED) is 0.737. The predicted molar refractivity (Wildman–Crippen MR) is 82.5 cm³/mol. The van der Waals surface area contributed by atoms with Gasteiger partial charge in [-0.25, -0.2) is 0 Å². The molecule has 2 N–H and O–H groups in total. The summed E-state index contributed by atoms with van der Waals surface area (Å²) < 4.78 is 8.21. The number of rotatable bonds is 3. The standard InChI is InChI=1S/C14H12BrN5O/c1-9-7-10(15)8-12(16)13(9)21-14-17-18-19-20(14)11-5-3-2-4-6-11/h2-8H,16H2,1H3. The van der Waals surface area contributed by atoms with Crippen LogP contribution < -0.4 is 10.5 Å². The molecule has 0 saturated heterocycles. The van der Waals surface area contributed by atoms with Gasteiger partial charge in [0.2, 0.25) is 0 Å². The van der Waals surface area contributed by atoms with E-state index in [2.05, 4.69) is 31.5 Å². The molecular weight excluding hydrogens is 334 g/mol. The summed E-state index contributed by atoms with van der Waals surface area (Å²) in [4.78, 5) is 0. The number of hydrogen-bond donors (Lipinski definition) is 1. The number of ether oxygens (including phenoxy) is 1. The van der Waals surface area contributed by atoms with Gasteiger partial charge in [0.1, 0.15) is 0 Å². The van der Waals surface area contributed by atoms with Crippen molar-refractivity contribution in [1.29, 1.82) is 0 Å². The molecule has 0 fully saturated rings. The van der Waals surface area contributed by atoms with Crippen LogP contribution in [-0.2, 0) is 0 Å². The fourth-order valence-corrected chi connectivity index (χ4v) is 2.55. The Labute approximate surface area is 129 Å². The molecule has 0 aliphatic carbocycles. The molecule has 6 nitrogen and oxygen atoms in total. The van der Waals surface area contributed by atoms with E-state index in [0.717, 1.165) is 15.7 Å². The Morgan fingerprint density at radius 3 is 2.67 bits per heavy atom. The second-order valence-corrected chi connectivity index (χ2v) is 5.37. The lowest BCUT2D eigenvalue weighted by Crippen LogP contribution is -2.02. The van der Waals surface area contributed by atoms with E-state index >= 15 is 0 Å². The van der Waals surface area contributed by atoms with Crippen LogP contribution in [0.5, 0.6) is 11.8 Å². The monoisotopic (exact) mass is 345 g/mol. The molecule has 0 radical (unpaired) electrons. The summed E-state index contributed by atoms with van der Waals surface area (Å²) in [6.07, 6.45) is 0. The van der Waals surface area contributed by atoms with Gasteiger partial charge in [0.05, 0.1) is 11.4 Å². The van der Waals surface area contributed by atoms with Gasteiger partial charge in [0, 0.05) is 4.47 Å². The maximum atomic E-state index is 5.99. The van der Waals surface area contributed by atoms with Crippen molar-refractivity contribution in [2.45, 2.75) is 6.92 Å². The summed E-state index contributed by atoms with van der Waals surface area (Å²) >= 11 is 3.40. The second kappa shape index (κ2) is 5.53. The minimum atomic E-state index is 0.262. The average Bonchev–Trinajstić information content (AvgIpc) is 2.92. The van der Waals surface area contributed by atoms with Gasteiger partial charge in [-0.1, -0.05) is 39.2 Å². The van der Waals surface area contributed by atoms with E-state index in [9.17, 15) is 0 Å². The van der Waals surface area contributed by atoms with E-state index in [4.69, 9.17) is 10.5 Å². The Morgan fingerprint density at radius 2 is 1.95 bits per heavy atom.